The van der Waals surface area contributed by atoms with Gasteiger partial charge in [-0.15, -0.1) is 0 Å². The molecular formula is C13H19F2NO3S. The monoisotopic (exact) mass is 307 g/mol. The Hall–Kier alpha value is -1.05. The third-order valence-corrected chi connectivity index (χ3v) is 4.25. The maximum Gasteiger partial charge on any atom is 0.341 e. The molecule has 7 heteroatoms. The number of aliphatic hydroxyl groups is 1. The highest BCUT2D eigenvalue weighted by atomic mass is 32.2. The van der Waals surface area contributed by atoms with Gasteiger partial charge in [0.25, 0.3) is 0 Å². The van der Waals surface area contributed by atoms with Gasteiger partial charge < -0.3 is 5.11 Å². The third kappa shape index (κ3) is 4.50. The summed E-state index contributed by atoms with van der Waals surface area (Å²) < 4.78 is 47.3. The molecule has 0 amide bonds. The summed E-state index contributed by atoms with van der Waals surface area (Å²) in [4.78, 5) is 1.64. The first-order valence-electron chi connectivity index (χ1n) is 6.36. The summed E-state index contributed by atoms with van der Waals surface area (Å²) in [6, 6.07) is 5.43. The van der Waals surface area contributed by atoms with Crippen LogP contribution in [-0.4, -0.2) is 43.9 Å². The van der Waals surface area contributed by atoms with Gasteiger partial charge in [0, 0.05) is 13.1 Å². The number of benzene rings is 1. The van der Waals surface area contributed by atoms with Gasteiger partial charge in [-0.2, -0.15) is 8.78 Å². The van der Waals surface area contributed by atoms with Crippen molar-refractivity contribution in [1.29, 1.82) is 0 Å². The zero-order valence-corrected chi connectivity index (χ0v) is 12.1. The second kappa shape index (κ2) is 7.66. The van der Waals surface area contributed by atoms with E-state index < -0.39 is 15.6 Å². The summed E-state index contributed by atoms with van der Waals surface area (Å²) in [5.74, 6) is -3.40. The van der Waals surface area contributed by atoms with E-state index in [4.69, 9.17) is 5.11 Å². The standard InChI is InChI=1S/C13H19F2NO3S/c1-2-7-16(8-9-17)10-11-3-5-12(6-4-11)20(18,19)13(14)15/h3-6,13,17H,2,7-10H2,1H3. The van der Waals surface area contributed by atoms with Gasteiger partial charge in [0.05, 0.1) is 11.5 Å². The Labute approximate surface area is 117 Å². The minimum atomic E-state index is -4.53. The van der Waals surface area contributed by atoms with E-state index in [0.29, 0.717) is 13.1 Å². The van der Waals surface area contributed by atoms with Gasteiger partial charge in [-0.1, -0.05) is 19.1 Å². The Kier molecular flexibility index (Phi) is 6.51. The van der Waals surface area contributed by atoms with Crippen molar-refractivity contribution in [2.24, 2.45) is 0 Å². The van der Waals surface area contributed by atoms with Gasteiger partial charge in [0.1, 0.15) is 0 Å². The van der Waals surface area contributed by atoms with Crippen LogP contribution in [0, 0.1) is 0 Å². The van der Waals surface area contributed by atoms with Crippen LogP contribution < -0.4 is 0 Å². The second-order valence-corrected chi connectivity index (χ2v) is 6.37. The number of sulfone groups is 1. The molecule has 0 aromatic heterocycles. The third-order valence-electron chi connectivity index (χ3n) is 2.85. The van der Waals surface area contributed by atoms with Gasteiger partial charge in [-0.25, -0.2) is 8.42 Å². The molecule has 0 aliphatic heterocycles. The molecule has 1 aromatic rings. The second-order valence-electron chi connectivity index (χ2n) is 4.45. The molecule has 0 aliphatic carbocycles. The van der Waals surface area contributed by atoms with Crippen molar-refractivity contribution in [2.45, 2.75) is 30.5 Å². The minimum absolute atomic E-state index is 0.0395. The first-order valence-corrected chi connectivity index (χ1v) is 7.90. The Morgan fingerprint density at radius 3 is 2.25 bits per heavy atom. The molecule has 20 heavy (non-hydrogen) atoms. The van der Waals surface area contributed by atoms with Crippen LogP contribution in [-0.2, 0) is 16.4 Å². The summed E-state index contributed by atoms with van der Waals surface area (Å²) in [5.41, 5.74) is 0.820. The minimum Gasteiger partial charge on any atom is -0.395 e. The smallest absolute Gasteiger partial charge is 0.341 e. The van der Waals surface area contributed by atoms with Crippen LogP contribution in [0.5, 0.6) is 0 Å². The number of alkyl halides is 2. The normalized spacial score (nSPS) is 12.3. The van der Waals surface area contributed by atoms with E-state index in [2.05, 4.69) is 0 Å². The molecule has 0 aliphatic rings. The summed E-state index contributed by atoms with van der Waals surface area (Å²) >= 11 is 0. The summed E-state index contributed by atoms with van der Waals surface area (Å²) in [6.07, 6.45) is 0.928. The number of rotatable bonds is 8. The number of hydrogen-bond acceptors (Lipinski definition) is 4. The summed E-state index contributed by atoms with van der Waals surface area (Å²) in [5, 5.41) is 8.95. The largest absolute Gasteiger partial charge is 0.395 e. The highest BCUT2D eigenvalue weighted by Crippen LogP contribution is 2.19. The molecule has 0 saturated carbocycles. The van der Waals surface area contributed by atoms with Crippen molar-refractivity contribution >= 4 is 9.84 Å². The Morgan fingerprint density at radius 2 is 1.80 bits per heavy atom. The zero-order valence-electron chi connectivity index (χ0n) is 11.3. The number of hydrogen-bond donors (Lipinski definition) is 1. The molecule has 0 radical (unpaired) electrons. The molecule has 114 valence electrons. The maximum atomic E-state index is 12.4. The van der Waals surface area contributed by atoms with E-state index in [0.717, 1.165) is 18.5 Å². The van der Waals surface area contributed by atoms with E-state index >= 15 is 0 Å². The molecule has 0 bridgehead atoms. The maximum absolute atomic E-state index is 12.4. The van der Waals surface area contributed by atoms with E-state index in [-0.39, 0.29) is 11.5 Å². The number of halogens is 2. The highest BCUT2D eigenvalue weighted by molar-refractivity contribution is 7.91. The molecule has 0 heterocycles. The fraction of sp³-hybridized carbons (Fsp3) is 0.538. The lowest BCUT2D eigenvalue weighted by Crippen LogP contribution is -2.27. The van der Waals surface area contributed by atoms with Gasteiger partial charge in [0.2, 0.25) is 9.84 Å². The average molecular weight is 307 g/mol. The van der Waals surface area contributed by atoms with Gasteiger partial charge in [-0.05, 0) is 30.7 Å². The van der Waals surface area contributed by atoms with Crippen LogP contribution in [0.25, 0.3) is 0 Å². The molecular weight excluding hydrogens is 288 g/mol. The van der Waals surface area contributed by atoms with Crippen molar-refractivity contribution in [2.75, 3.05) is 19.7 Å². The summed E-state index contributed by atoms with van der Waals surface area (Å²) in [7, 11) is -4.53. The highest BCUT2D eigenvalue weighted by Gasteiger charge is 2.26. The SMILES string of the molecule is CCCN(CCO)Cc1ccc(S(=O)(=O)C(F)F)cc1. The van der Waals surface area contributed by atoms with Crippen LogP contribution >= 0.6 is 0 Å². The van der Waals surface area contributed by atoms with Gasteiger partial charge in [-0.3, -0.25) is 4.90 Å². The lowest BCUT2D eigenvalue weighted by atomic mass is 10.2. The van der Waals surface area contributed by atoms with Gasteiger partial charge >= 0.3 is 5.76 Å². The molecule has 1 aromatic carbocycles. The summed E-state index contributed by atoms with van der Waals surface area (Å²) in [6.45, 7) is 3.92. The fourth-order valence-electron chi connectivity index (χ4n) is 1.87. The van der Waals surface area contributed by atoms with Gasteiger partial charge in [0.15, 0.2) is 0 Å². The van der Waals surface area contributed by atoms with E-state index in [1.807, 2.05) is 11.8 Å². The molecule has 0 atom stereocenters. The average Bonchev–Trinajstić information content (AvgIpc) is 2.39. The Balaban J connectivity index is 2.81. The van der Waals surface area contributed by atoms with E-state index in [1.165, 1.54) is 24.3 Å². The van der Waals surface area contributed by atoms with Crippen molar-refractivity contribution in [3.05, 3.63) is 29.8 Å². The predicted molar refractivity (Wildman–Crippen MR) is 72.3 cm³/mol. The topological polar surface area (TPSA) is 57.6 Å². The van der Waals surface area contributed by atoms with Crippen LogP contribution in [0.1, 0.15) is 18.9 Å². The van der Waals surface area contributed by atoms with E-state index in [1.54, 1.807) is 0 Å². The molecule has 1 N–H and O–H groups in total. The van der Waals surface area contributed by atoms with Crippen LogP contribution in [0.2, 0.25) is 0 Å². The Morgan fingerprint density at radius 1 is 1.20 bits per heavy atom. The lowest BCUT2D eigenvalue weighted by molar-refractivity contribution is 0.190. The zero-order chi connectivity index (χ0) is 15.2. The molecule has 1 rings (SSSR count). The molecule has 4 nitrogen and oxygen atoms in total. The van der Waals surface area contributed by atoms with Crippen molar-refractivity contribution in [3.63, 3.8) is 0 Å². The van der Waals surface area contributed by atoms with Crippen LogP contribution in [0.15, 0.2) is 29.2 Å². The predicted octanol–water partition coefficient (Wildman–Crippen LogP) is 1.89. The van der Waals surface area contributed by atoms with Crippen LogP contribution in [0.4, 0.5) is 8.78 Å². The Bertz CT molecular complexity index is 497. The van der Waals surface area contributed by atoms with Crippen LogP contribution in [0.3, 0.4) is 0 Å². The van der Waals surface area contributed by atoms with Crippen molar-refractivity contribution in [1.82, 2.24) is 4.90 Å². The first kappa shape index (κ1) is 17.0. The first-order chi connectivity index (χ1) is 9.41. The number of aliphatic hydroxyl groups excluding tert-OH is 1. The fourth-order valence-corrected chi connectivity index (χ4v) is 2.59. The molecule has 0 saturated heterocycles. The van der Waals surface area contributed by atoms with Crippen molar-refractivity contribution < 1.29 is 22.3 Å². The molecule has 0 spiro atoms. The molecule has 0 fully saturated rings. The van der Waals surface area contributed by atoms with Crippen molar-refractivity contribution in [3.8, 4) is 0 Å². The van der Waals surface area contributed by atoms with E-state index in [9.17, 15) is 17.2 Å². The quantitative estimate of drug-likeness (QED) is 0.797. The number of nitrogens with zero attached hydrogens (tertiary/aromatic N) is 1. The lowest BCUT2D eigenvalue weighted by Gasteiger charge is -2.20. The molecule has 0 unspecified atom stereocenters.